The lowest BCUT2D eigenvalue weighted by molar-refractivity contribution is -0.908. The van der Waals surface area contributed by atoms with E-state index in [1.165, 1.54) is 24.3 Å². The van der Waals surface area contributed by atoms with Crippen molar-refractivity contribution in [3.63, 3.8) is 0 Å². The number of nitro benzene ring substituents is 1. The monoisotopic (exact) mass is 402 g/mol. The molecule has 0 radical (unpaired) electrons. The molecule has 2 N–H and O–H groups in total. The number of benzene rings is 1. The zero-order chi connectivity index (χ0) is 21.2. The molecule has 2 saturated heterocycles. The van der Waals surface area contributed by atoms with Crippen molar-refractivity contribution in [3.05, 3.63) is 69.1 Å². The molecule has 4 rings (SSSR count). The number of ether oxygens (including phenoxy) is 1. The smallest absolute Gasteiger partial charge is 0.337 e. The molecule has 1 aromatic rings. The highest BCUT2D eigenvalue weighted by atomic mass is 16.6. The van der Waals surface area contributed by atoms with Crippen LogP contribution in [0.15, 0.2) is 48.3 Å². The summed E-state index contributed by atoms with van der Waals surface area (Å²) in [5, 5.41) is 47.9. The second kappa shape index (κ2) is 6.12. The molecule has 0 saturated carbocycles. The first-order valence-electron chi connectivity index (χ1n) is 9.34. The summed E-state index contributed by atoms with van der Waals surface area (Å²) in [5.74, 6) is -2.13. The van der Waals surface area contributed by atoms with Crippen LogP contribution in [0.3, 0.4) is 0 Å². The molecule has 9 heteroatoms. The first-order chi connectivity index (χ1) is 13.6. The number of nitro groups is 1. The molecule has 9 nitrogen and oxygen atoms in total. The largest absolute Gasteiger partial charge is 0.632 e. The number of aliphatic hydroxyl groups excluding tert-OH is 1. The minimum absolute atomic E-state index is 0.0398. The third kappa shape index (κ3) is 2.35. The molecular weight excluding hydrogens is 380 g/mol. The Morgan fingerprint density at radius 3 is 2.76 bits per heavy atom. The maximum Gasteiger partial charge on any atom is 0.337 e. The summed E-state index contributed by atoms with van der Waals surface area (Å²) >= 11 is 0. The third-order valence-electron chi connectivity index (χ3n) is 6.97. The van der Waals surface area contributed by atoms with E-state index in [4.69, 9.17) is 4.74 Å². The molecular formula is C20H22N2O7. The molecule has 2 aliphatic heterocycles. The highest BCUT2D eigenvalue weighted by molar-refractivity contribution is 5.91. The van der Waals surface area contributed by atoms with Gasteiger partial charge < -0.3 is 24.8 Å². The molecule has 0 spiro atoms. The van der Waals surface area contributed by atoms with E-state index in [1.807, 2.05) is 0 Å². The van der Waals surface area contributed by atoms with Crippen LogP contribution in [-0.4, -0.2) is 57.6 Å². The second-order valence-electron chi connectivity index (χ2n) is 8.08. The van der Waals surface area contributed by atoms with Crippen molar-refractivity contribution in [2.75, 3.05) is 20.2 Å². The van der Waals surface area contributed by atoms with Crippen LogP contribution in [0, 0.1) is 21.2 Å². The molecule has 2 bridgehead atoms. The van der Waals surface area contributed by atoms with Gasteiger partial charge in [0.15, 0.2) is 0 Å². The second-order valence-corrected chi connectivity index (χ2v) is 8.08. The first-order valence-corrected chi connectivity index (χ1v) is 9.34. The van der Waals surface area contributed by atoms with E-state index in [1.54, 1.807) is 6.07 Å². The van der Waals surface area contributed by atoms with Gasteiger partial charge in [-0.2, -0.15) is 0 Å². The molecule has 1 aromatic carbocycles. The van der Waals surface area contributed by atoms with Crippen LogP contribution in [0.4, 0.5) is 5.69 Å². The number of carbonyl (C=O) groups excluding carboxylic acids is 1. The van der Waals surface area contributed by atoms with Gasteiger partial charge in [-0.1, -0.05) is 30.9 Å². The Bertz CT molecular complexity index is 960. The highest BCUT2D eigenvalue weighted by Crippen LogP contribution is 2.61. The lowest BCUT2D eigenvalue weighted by atomic mass is 9.58. The summed E-state index contributed by atoms with van der Waals surface area (Å²) in [5.41, 5.74) is -3.26. The van der Waals surface area contributed by atoms with E-state index in [9.17, 15) is 30.3 Å². The van der Waals surface area contributed by atoms with Crippen molar-refractivity contribution in [1.82, 2.24) is 0 Å². The molecule has 154 valence electrons. The summed E-state index contributed by atoms with van der Waals surface area (Å²) in [6.45, 7) is 3.42. The Labute approximate surface area is 166 Å². The Balaban J connectivity index is 2.07. The molecule has 1 unspecified atom stereocenters. The van der Waals surface area contributed by atoms with Gasteiger partial charge in [0.1, 0.15) is 29.4 Å². The van der Waals surface area contributed by atoms with Gasteiger partial charge in [0, 0.05) is 30.4 Å². The van der Waals surface area contributed by atoms with Crippen molar-refractivity contribution >= 4 is 11.7 Å². The zero-order valence-corrected chi connectivity index (χ0v) is 15.9. The van der Waals surface area contributed by atoms with Crippen molar-refractivity contribution in [1.29, 1.82) is 0 Å². The minimum atomic E-state index is -1.70. The fourth-order valence-corrected chi connectivity index (χ4v) is 5.70. The number of carbonyl (C=O) groups is 1. The summed E-state index contributed by atoms with van der Waals surface area (Å²) in [7, 11) is 1.16. The average Bonchev–Trinajstić information content (AvgIpc) is 3.02. The normalized spacial score (nSPS) is 37.9. The van der Waals surface area contributed by atoms with Gasteiger partial charge in [-0.05, 0) is 0 Å². The Hall–Kier alpha value is -2.75. The molecule has 0 amide bonds. The standard InChI is InChI=1S/C20H22N2O7/c1-3-19(25)11-22(28)9-8-20(12-6-4-5-7-14(12)21(26)27)15(22)10-13(19)16(17(20)23)18(24)29-2/h3-7,13,15,23,25H,1,8-11H2,2H3/t13-,15+,19+,20-,22?/m1/s1. The van der Waals surface area contributed by atoms with Crippen molar-refractivity contribution < 1.29 is 29.3 Å². The fraction of sp³-hybridized carbons (Fsp3) is 0.450. The number of hydroxylamine groups is 3. The fourth-order valence-electron chi connectivity index (χ4n) is 5.70. The quantitative estimate of drug-likeness (QED) is 0.196. The summed E-state index contributed by atoms with van der Waals surface area (Å²) < 4.78 is 4.04. The molecule has 0 aromatic heterocycles. The van der Waals surface area contributed by atoms with Crippen LogP contribution in [0.2, 0.25) is 0 Å². The van der Waals surface area contributed by atoms with Crippen LogP contribution in [-0.2, 0) is 14.9 Å². The van der Waals surface area contributed by atoms with Gasteiger partial charge in [-0.3, -0.25) is 10.1 Å². The maximum atomic E-state index is 13.7. The van der Waals surface area contributed by atoms with Gasteiger partial charge in [0.25, 0.3) is 5.69 Å². The average molecular weight is 402 g/mol. The van der Waals surface area contributed by atoms with E-state index in [2.05, 4.69) is 6.58 Å². The number of methoxy groups -OCH3 is 1. The number of rotatable bonds is 4. The highest BCUT2D eigenvalue weighted by Gasteiger charge is 2.70. The predicted molar refractivity (Wildman–Crippen MR) is 101 cm³/mol. The topological polar surface area (TPSA) is 133 Å². The number of para-hydroxylation sites is 1. The first kappa shape index (κ1) is 19.6. The van der Waals surface area contributed by atoms with E-state index in [0.29, 0.717) is 0 Å². The number of hydrogen-bond donors (Lipinski definition) is 2. The number of piperidine rings is 1. The van der Waals surface area contributed by atoms with E-state index < -0.39 is 44.3 Å². The Morgan fingerprint density at radius 1 is 1.45 bits per heavy atom. The van der Waals surface area contributed by atoms with Crippen LogP contribution < -0.4 is 0 Å². The van der Waals surface area contributed by atoms with Gasteiger partial charge in [-0.25, -0.2) is 4.79 Å². The van der Waals surface area contributed by atoms with Gasteiger partial charge in [-0.15, -0.1) is 0 Å². The number of quaternary nitrogens is 1. The van der Waals surface area contributed by atoms with Crippen LogP contribution in [0.5, 0.6) is 0 Å². The molecule has 2 fully saturated rings. The van der Waals surface area contributed by atoms with Crippen molar-refractivity contribution in [2.45, 2.75) is 29.9 Å². The third-order valence-corrected chi connectivity index (χ3v) is 6.97. The van der Waals surface area contributed by atoms with E-state index in [0.717, 1.165) is 7.11 Å². The molecule has 29 heavy (non-hydrogen) atoms. The predicted octanol–water partition coefficient (Wildman–Crippen LogP) is 1.86. The van der Waals surface area contributed by atoms with E-state index >= 15 is 0 Å². The van der Waals surface area contributed by atoms with Crippen LogP contribution >= 0.6 is 0 Å². The summed E-state index contributed by atoms with van der Waals surface area (Å²) in [6, 6.07) is 5.18. The molecule has 5 atom stereocenters. The number of hydrogen-bond acceptors (Lipinski definition) is 7. The lowest BCUT2D eigenvalue weighted by Crippen LogP contribution is -2.68. The van der Waals surface area contributed by atoms with Gasteiger partial charge in [0.05, 0.1) is 24.2 Å². The molecule has 1 aliphatic carbocycles. The SMILES string of the molecule is C=C[C@]1(O)C[N+]2([O-])CC[C@]3(c4ccccc4[N+](=O)[O-])C(O)=C(C(=O)OC)[C@H]1C[C@@H]32. The summed E-state index contributed by atoms with van der Waals surface area (Å²) in [4.78, 5) is 23.8. The molecule has 3 aliphatic rings. The van der Waals surface area contributed by atoms with Gasteiger partial charge >= 0.3 is 5.97 Å². The van der Waals surface area contributed by atoms with Crippen molar-refractivity contribution in [3.8, 4) is 0 Å². The minimum Gasteiger partial charge on any atom is -0.632 e. The number of esters is 1. The van der Waals surface area contributed by atoms with Crippen LogP contribution in [0.25, 0.3) is 0 Å². The summed E-state index contributed by atoms with van der Waals surface area (Å²) in [6.07, 6.45) is 1.42. The molecule has 2 heterocycles. The Morgan fingerprint density at radius 2 is 2.14 bits per heavy atom. The number of fused-ring (bicyclic) bond motifs is 1. The van der Waals surface area contributed by atoms with Crippen LogP contribution in [0.1, 0.15) is 18.4 Å². The van der Waals surface area contributed by atoms with Crippen molar-refractivity contribution in [2.24, 2.45) is 5.92 Å². The number of aliphatic hydroxyl groups is 2. The van der Waals surface area contributed by atoms with Gasteiger partial charge in [0.2, 0.25) is 0 Å². The lowest BCUT2D eigenvalue weighted by Gasteiger charge is -2.59. The maximum absolute atomic E-state index is 13.7. The Kier molecular flexibility index (Phi) is 4.13. The van der Waals surface area contributed by atoms with E-state index in [-0.39, 0.29) is 42.8 Å². The number of nitrogens with zero attached hydrogens (tertiary/aromatic N) is 2. The zero-order valence-electron chi connectivity index (χ0n) is 15.9.